The molecule has 1 saturated heterocycles. The number of carbonyl (C=O) groups excluding carboxylic acids is 1. The maximum Gasteiger partial charge on any atom is 0.263 e. The first kappa shape index (κ1) is 17.1. The zero-order chi connectivity index (χ0) is 17.5. The molecule has 128 valence electrons. The summed E-state index contributed by atoms with van der Waals surface area (Å²) in [4.78, 5) is 17.6. The third-order valence-corrected chi connectivity index (χ3v) is 7.14. The van der Waals surface area contributed by atoms with E-state index in [1.54, 1.807) is 0 Å². The van der Waals surface area contributed by atoms with E-state index in [1.807, 2.05) is 32.9 Å². The van der Waals surface area contributed by atoms with Crippen molar-refractivity contribution in [1.82, 2.24) is 10.3 Å². The highest BCUT2D eigenvalue weighted by atomic mass is 32.2. The molecule has 0 saturated carbocycles. The van der Waals surface area contributed by atoms with E-state index < -0.39 is 9.84 Å². The molecule has 1 atom stereocenters. The normalized spacial score (nSPS) is 19.4. The Balaban J connectivity index is 1.82. The number of rotatable bonds is 3. The lowest BCUT2D eigenvalue weighted by Gasteiger charge is -2.09. The van der Waals surface area contributed by atoms with Crippen molar-refractivity contribution < 1.29 is 13.2 Å². The predicted molar refractivity (Wildman–Crippen MR) is 96.3 cm³/mol. The van der Waals surface area contributed by atoms with Gasteiger partial charge in [-0.2, -0.15) is 0 Å². The van der Waals surface area contributed by atoms with E-state index in [4.69, 9.17) is 0 Å². The second kappa shape index (κ2) is 6.29. The van der Waals surface area contributed by atoms with Crippen molar-refractivity contribution >= 4 is 27.1 Å². The monoisotopic (exact) mass is 364 g/mol. The molecule has 1 aliphatic rings. The summed E-state index contributed by atoms with van der Waals surface area (Å²) in [5.74, 6) is -0.0587. The first-order chi connectivity index (χ1) is 11.2. The number of aryl methyl sites for hydroxylation is 3. The molecule has 1 aliphatic heterocycles. The quantitative estimate of drug-likeness (QED) is 0.908. The van der Waals surface area contributed by atoms with E-state index in [0.717, 1.165) is 16.1 Å². The van der Waals surface area contributed by atoms with Gasteiger partial charge in [-0.25, -0.2) is 13.4 Å². The van der Waals surface area contributed by atoms with Gasteiger partial charge in [0.2, 0.25) is 0 Å². The molecular weight excluding hydrogens is 344 g/mol. The average Bonchev–Trinajstić information content (AvgIpc) is 3.01. The Morgan fingerprint density at radius 2 is 2.04 bits per heavy atom. The van der Waals surface area contributed by atoms with Gasteiger partial charge < -0.3 is 5.32 Å². The lowest BCUT2D eigenvalue weighted by Crippen LogP contribution is -2.35. The molecule has 0 bridgehead atoms. The lowest BCUT2D eigenvalue weighted by molar-refractivity contribution is 0.0944. The van der Waals surface area contributed by atoms with Gasteiger partial charge in [0.15, 0.2) is 9.84 Å². The number of nitrogens with zero attached hydrogens (tertiary/aromatic N) is 1. The third kappa shape index (κ3) is 3.52. The molecule has 2 aromatic rings. The van der Waals surface area contributed by atoms with Crippen molar-refractivity contribution in [1.29, 1.82) is 0 Å². The van der Waals surface area contributed by atoms with Crippen LogP contribution < -0.4 is 5.32 Å². The zero-order valence-corrected chi connectivity index (χ0v) is 15.6. The number of hydrogen-bond donors (Lipinski definition) is 1. The van der Waals surface area contributed by atoms with Gasteiger partial charge in [-0.3, -0.25) is 4.79 Å². The van der Waals surface area contributed by atoms with Crippen LogP contribution in [0.3, 0.4) is 0 Å². The van der Waals surface area contributed by atoms with Gasteiger partial charge in [-0.05, 0) is 32.8 Å². The highest BCUT2D eigenvalue weighted by Crippen LogP contribution is 2.30. The first-order valence-corrected chi connectivity index (χ1v) is 10.5. The Morgan fingerprint density at radius 3 is 2.67 bits per heavy atom. The molecule has 3 rings (SSSR count). The van der Waals surface area contributed by atoms with Crippen molar-refractivity contribution in [2.45, 2.75) is 33.2 Å². The fraction of sp³-hybridized carbons (Fsp3) is 0.412. The average molecular weight is 364 g/mol. The van der Waals surface area contributed by atoms with Gasteiger partial charge in [0.05, 0.1) is 17.2 Å². The maximum absolute atomic E-state index is 12.5. The minimum Gasteiger partial charge on any atom is -0.347 e. The summed E-state index contributed by atoms with van der Waals surface area (Å²) < 4.78 is 23.0. The molecule has 0 spiro atoms. The lowest BCUT2D eigenvalue weighted by atomic mass is 10.1. The molecule has 1 aromatic carbocycles. The van der Waals surface area contributed by atoms with E-state index in [2.05, 4.69) is 16.4 Å². The van der Waals surface area contributed by atoms with Crippen molar-refractivity contribution in [2.75, 3.05) is 11.5 Å². The number of benzene rings is 1. The van der Waals surface area contributed by atoms with Crippen molar-refractivity contribution in [3.8, 4) is 10.6 Å². The maximum atomic E-state index is 12.5. The Bertz CT molecular complexity index is 901. The van der Waals surface area contributed by atoms with Crippen LogP contribution in [-0.4, -0.2) is 36.9 Å². The summed E-state index contributed by atoms with van der Waals surface area (Å²) in [5.41, 5.74) is 4.01. The van der Waals surface area contributed by atoms with Gasteiger partial charge in [0.1, 0.15) is 9.88 Å². The Labute approximate surface area is 146 Å². The number of thiazole rings is 1. The molecule has 1 unspecified atom stereocenters. The van der Waals surface area contributed by atoms with Gasteiger partial charge in [-0.1, -0.05) is 23.8 Å². The predicted octanol–water partition coefficient (Wildman–Crippen LogP) is 2.65. The third-order valence-electron chi connectivity index (χ3n) is 4.18. The topological polar surface area (TPSA) is 76.1 Å². The zero-order valence-electron chi connectivity index (χ0n) is 13.9. The molecule has 1 N–H and O–H groups in total. The highest BCUT2D eigenvalue weighted by molar-refractivity contribution is 7.91. The first-order valence-electron chi connectivity index (χ1n) is 7.81. The van der Waals surface area contributed by atoms with Gasteiger partial charge >= 0.3 is 0 Å². The second-order valence-corrected chi connectivity index (χ2v) is 9.55. The molecule has 1 fully saturated rings. The Kier molecular flexibility index (Phi) is 4.48. The summed E-state index contributed by atoms with van der Waals surface area (Å²) in [6.07, 6.45) is 0.482. The SMILES string of the molecule is Cc1ccc(-c2nc(C)c(C(=O)NC3CCS(=O)(=O)C3)s2)c(C)c1. The second-order valence-electron chi connectivity index (χ2n) is 6.33. The fourth-order valence-corrected chi connectivity index (χ4v) is 5.67. The molecule has 1 amide bonds. The summed E-state index contributed by atoms with van der Waals surface area (Å²) in [5, 5.41) is 3.65. The van der Waals surface area contributed by atoms with E-state index in [9.17, 15) is 13.2 Å². The minimum absolute atomic E-state index is 0.0283. The summed E-state index contributed by atoms with van der Waals surface area (Å²) in [6, 6.07) is 5.85. The molecule has 7 heteroatoms. The van der Waals surface area contributed by atoms with Crippen LogP contribution in [0.5, 0.6) is 0 Å². The van der Waals surface area contributed by atoms with Crippen LogP contribution in [0.25, 0.3) is 10.6 Å². The number of nitrogens with one attached hydrogen (secondary N) is 1. The Hall–Kier alpha value is -1.73. The fourth-order valence-electron chi connectivity index (χ4n) is 2.94. The summed E-state index contributed by atoms with van der Waals surface area (Å²) in [7, 11) is -3.01. The standard InChI is InChI=1S/C17H20N2O3S2/c1-10-4-5-14(11(2)8-10)17-18-12(3)15(23-17)16(20)19-13-6-7-24(21,22)9-13/h4-5,8,13H,6-7,9H2,1-3H3,(H,19,20). The van der Waals surface area contributed by atoms with Crippen LogP contribution in [0.1, 0.15) is 32.9 Å². The molecule has 1 aromatic heterocycles. The van der Waals surface area contributed by atoms with E-state index >= 15 is 0 Å². The molecule has 24 heavy (non-hydrogen) atoms. The van der Waals surface area contributed by atoms with Crippen LogP contribution in [-0.2, 0) is 9.84 Å². The number of sulfone groups is 1. The van der Waals surface area contributed by atoms with Crippen molar-refractivity contribution in [3.63, 3.8) is 0 Å². The molecule has 2 heterocycles. The molecule has 0 aliphatic carbocycles. The molecular formula is C17H20N2O3S2. The Morgan fingerprint density at radius 1 is 1.29 bits per heavy atom. The van der Waals surface area contributed by atoms with Crippen LogP contribution in [0.15, 0.2) is 18.2 Å². The number of carbonyl (C=O) groups is 1. The van der Waals surface area contributed by atoms with Gasteiger partial charge in [-0.15, -0.1) is 11.3 Å². The van der Waals surface area contributed by atoms with Gasteiger partial charge in [0.25, 0.3) is 5.91 Å². The van der Waals surface area contributed by atoms with E-state index in [-0.39, 0.29) is 23.5 Å². The summed E-state index contributed by atoms with van der Waals surface area (Å²) >= 11 is 1.35. The van der Waals surface area contributed by atoms with Crippen molar-refractivity contribution in [2.24, 2.45) is 0 Å². The number of aromatic nitrogens is 1. The largest absolute Gasteiger partial charge is 0.347 e. The van der Waals surface area contributed by atoms with Crippen LogP contribution >= 0.6 is 11.3 Å². The number of hydrogen-bond acceptors (Lipinski definition) is 5. The van der Waals surface area contributed by atoms with Crippen LogP contribution in [0.4, 0.5) is 0 Å². The van der Waals surface area contributed by atoms with Crippen molar-refractivity contribution in [3.05, 3.63) is 39.9 Å². The van der Waals surface area contributed by atoms with Crippen LogP contribution in [0.2, 0.25) is 0 Å². The van der Waals surface area contributed by atoms with Gasteiger partial charge in [0, 0.05) is 11.6 Å². The highest BCUT2D eigenvalue weighted by Gasteiger charge is 2.30. The van der Waals surface area contributed by atoms with E-state index in [1.165, 1.54) is 16.9 Å². The van der Waals surface area contributed by atoms with Crippen LogP contribution in [0, 0.1) is 20.8 Å². The summed E-state index contributed by atoms with van der Waals surface area (Å²) in [6.45, 7) is 5.88. The molecule has 5 nitrogen and oxygen atoms in total. The van der Waals surface area contributed by atoms with E-state index in [0.29, 0.717) is 17.0 Å². The molecule has 0 radical (unpaired) electrons. The minimum atomic E-state index is -3.01. The smallest absolute Gasteiger partial charge is 0.263 e. The number of amides is 1.